The van der Waals surface area contributed by atoms with Crippen LogP contribution in [0, 0.1) is 17.3 Å². The van der Waals surface area contributed by atoms with Crippen molar-refractivity contribution in [2.75, 3.05) is 13.2 Å². The molecule has 0 aliphatic carbocycles. The molecule has 0 atom stereocenters. The van der Waals surface area contributed by atoms with Crippen LogP contribution in [0.15, 0.2) is 0 Å². The van der Waals surface area contributed by atoms with Gasteiger partial charge in [0.25, 0.3) is 5.91 Å². The van der Waals surface area contributed by atoms with Crippen LogP contribution in [0.25, 0.3) is 0 Å². The Morgan fingerprint density at radius 2 is 1.46 bits per heavy atom. The minimum absolute atomic E-state index is 0.0111. The number of rotatable bonds is 7. The van der Waals surface area contributed by atoms with E-state index in [2.05, 4.69) is 17.3 Å². The molecule has 0 aromatic heterocycles. The van der Waals surface area contributed by atoms with E-state index >= 15 is 0 Å². The molecule has 0 aliphatic rings. The molecule has 0 unspecified atom stereocenters. The van der Waals surface area contributed by atoms with Crippen LogP contribution in [0.4, 0.5) is 0 Å². The molecule has 0 fully saturated rings. The van der Waals surface area contributed by atoms with Crippen LogP contribution < -0.4 is 5.48 Å². The Kier molecular flexibility index (Phi) is 9.08. The standard InChI is InChI=1S/C17H27NO6/c1-7-10-11-12-17(14(20)22-8-2,15(21)23-9-3)13(19)18-24-16(4,5)6/h7-10H2,1-6H3,(H,18,19). The van der Waals surface area contributed by atoms with Gasteiger partial charge in [-0.25, -0.2) is 15.1 Å². The van der Waals surface area contributed by atoms with Crippen molar-refractivity contribution in [2.45, 2.75) is 60.0 Å². The van der Waals surface area contributed by atoms with Crippen molar-refractivity contribution in [3.8, 4) is 11.8 Å². The molecule has 1 N–H and O–H groups in total. The van der Waals surface area contributed by atoms with Gasteiger partial charge in [0.15, 0.2) is 0 Å². The van der Waals surface area contributed by atoms with Gasteiger partial charge in [0.2, 0.25) is 0 Å². The van der Waals surface area contributed by atoms with E-state index < -0.39 is 28.9 Å². The zero-order valence-electron chi connectivity index (χ0n) is 15.3. The molecule has 0 rings (SSSR count). The van der Waals surface area contributed by atoms with E-state index in [9.17, 15) is 14.4 Å². The summed E-state index contributed by atoms with van der Waals surface area (Å²) in [6.07, 6.45) is 1.11. The minimum Gasteiger partial charge on any atom is -0.464 e. The van der Waals surface area contributed by atoms with Crippen molar-refractivity contribution >= 4 is 17.8 Å². The summed E-state index contributed by atoms with van der Waals surface area (Å²) in [4.78, 5) is 42.6. The van der Waals surface area contributed by atoms with Crippen molar-refractivity contribution < 1.29 is 28.7 Å². The van der Waals surface area contributed by atoms with Crippen LogP contribution >= 0.6 is 0 Å². The molecule has 0 saturated heterocycles. The van der Waals surface area contributed by atoms with Crippen LogP contribution in [-0.2, 0) is 28.7 Å². The first kappa shape index (κ1) is 21.9. The fourth-order valence-corrected chi connectivity index (χ4v) is 1.50. The maximum atomic E-state index is 12.6. The van der Waals surface area contributed by atoms with Gasteiger partial charge in [0.1, 0.15) is 0 Å². The molecule has 136 valence electrons. The molecule has 7 nitrogen and oxygen atoms in total. The predicted molar refractivity (Wildman–Crippen MR) is 87.4 cm³/mol. The lowest BCUT2D eigenvalue weighted by Gasteiger charge is -2.25. The summed E-state index contributed by atoms with van der Waals surface area (Å²) in [6, 6.07) is 0. The van der Waals surface area contributed by atoms with Crippen molar-refractivity contribution in [3.05, 3.63) is 0 Å². The lowest BCUT2D eigenvalue weighted by Crippen LogP contribution is -2.53. The van der Waals surface area contributed by atoms with E-state index in [0.717, 1.165) is 0 Å². The maximum Gasteiger partial charge on any atom is 0.345 e. The number of unbranched alkanes of at least 4 members (excludes halogenated alkanes) is 1. The molecule has 0 saturated carbocycles. The van der Waals surface area contributed by atoms with Crippen LogP contribution in [0.1, 0.15) is 54.4 Å². The van der Waals surface area contributed by atoms with Gasteiger partial charge in [-0.3, -0.25) is 9.63 Å². The second-order valence-electron chi connectivity index (χ2n) is 5.89. The average Bonchev–Trinajstić information content (AvgIpc) is 2.49. The molecule has 0 bridgehead atoms. The molecular formula is C17H27NO6. The molecule has 0 spiro atoms. The third-order valence-corrected chi connectivity index (χ3v) is 2.60. The van der Waals surface area contributed by atoms with Crippen molar-refractivity contribution in [1.29, 1.82) is 0 Å². The molecule has 0 aliphatic heterocycles. The Labute approximate surface area is 143 Å². The van der Waals surface area contributed by atoms with Gasteiger partial charge >= 0.3 is 17.4 Å². The molecule has 7 heteroatoms. The number of hydrogen-bond acceptors (Lipinski definition) is 6. The molecule has 0 heterocycles. The summed E-state index contributed by atoms with van der Waals surface area (Å²) in [5, 5.41) is 0. The van der Waals surface area contributed by atoms with Gasteiger partial charge in [-0.15, -0.1) is 5.92 Å². The fourth-order valence-electron chi connectivity index (χ4n) is 1.50. The first-order chi connectivity index (χ1) is 11.2. The normalized spacial score (nSPS) is 11.1. The Hall–Kier alpha value is -2.07. The van der Waals surface area contributed by atoms with Gasteiger partial charge < -0.3 is 9.47 Å². The molecule has 0 aromatic carbocycles. The summed E-state index contributed by atoms with van der Waals surface area (Å²) < 4.78 is 9.80. The second-order valence-corrected chi connectivity index (χ2v) is 5.89. The summed E-state index contributed by atoms with van der Waals surface area (Å²) >= 11 is 0. The number of carbonyl (C=O) groups excluding carboxylic acids is 3. The van der Waals surface area contributed by atoms with Crippen molar-refractivity contribution in [2.24, 2.45) is 5.41 Å². The van der Waals surface area contributed by atoms with Crippen molar-refractivity contribution in [1.82, 2.24) is 5.48 Å². The number of carbonyl (C=O) groups is 3. The van der Waals surface area contributed by atoms with Gasteiger partial charge in [-0.1, -0.05) is 12.8 Å². The Bertz CT molecular complexity index is 491. The molecule has 0 aromatic rings. The van der Waals surface area contributed by atoms with Crippen molar-refractivity contribution in [3.63, 3.8) is 0 Å². The molecular weight excluding hydrogens is 314 g/mol. The number of nitrogens with one attached hydrogen (secondary N) is 1. The number of ether oxygens (including phenoxy) is 2. The third kappa shape index (κ3) is 6.20. The van der Waals surface area contributed by atoms with Gasteiger partial charge in [0, 0.05) is 6.42 Å². The number of amides is 1. The maximum absolute atomic E-state index is 12.6. The second kappa shape index (κ2) is 9.93. The first-order valence-corrected chi connectivity index (χ1v) is 7.98. The fraction of sp³-hybridized carbons (Fsp3) is 0.706. The lowest BCUT2D eigenvalue weighted by molar-refractivity contribution is -0.177. The Morgan fingerprint density at radius 3 is 1.83 bits per heavy atom. The third-order valence-electron chi connectivity index (χ3n) is 2.60. The van der Waals surface area contributed by atoms with Crippen LogP contribution in [-0.4, -0.2) is 36.7 Å². The summed E-state index contributed by atoms with van der Waals surface area (Å²) in [7, 11) is 0. The number of hydrogen-bond donors (Lipinski definition) is 1. The van der Waals surface area contributed by atoms with E-state index in [1.807, 2.05) is 6.92 Å². The summed E-state index contributed by atoms with van der Waals surface area (Å²) in [6.45, 7) is 10.1. The highest BCUT2D eigenvalue weighted by molar-refractivity contribution is 6.22. The van der Waals surface area contributed by atoms with E-state index in [4.69, 9.17) is 14.3 Å². The SMILES string of the molecule is CCCC#CC(C(=O)NOC(C)(C)C)(C(=O)OCC)C(=O)OCC. The first-order valence-electron chi connectivity index (χ1n) is 7.98. The lowest BCUT2D eigenvalue weighted by atomic mass is 9.87. The highest BCUT2D eigenvalue weighted by Crippen LogP contribution is 2.23. The molecule has 24 heavy (non-hydrogen) atoms. The van der Waals surface area contributed by atoms with E-state index in [0.29, 0.717) is 12.8 Å². The van der Waals surface area contributed by atoms with Gasteiger partial charge in [-0.05, 0) is 41.0 Å². The summed E-state index contributed by atoms with van der Waals surface area (Å²) in [5.41, 5.74) is -1.00. The van der Waals surface area contributed by atoms with E-state index in [1.165, 1.54) is 0 Å². The largest absolute Gasteiger partial charge is 0.464 e. The molecule has 0 radical (unpaired) electrons. The Balaban J connectivity index is 5.88. The van der Waals surface area contributed by atoms with Crippen LogP contribution in [0.5, 0.6) is 0 Å². The predicted octanol–water partition coefficient (Wildman–Crippen LogP) is 1.75. The quantitative estimate of drug-likeness (QED) is 0.328. The average molecular weight is 341 g/mol. The number of hydroxylamine groups is 1. The van der Waals surface area contributed by atoms with E-state index in [-0.39, 0.29) is 13.2 Å². The Morgan fingerprint density at radius 1 is 0.958 bits per heavy atom. The van der Waals surface area contributed by atoms with Gasteiger partial charge in [-0.2, -0.15) is 0 Å². The zero-order valence-corrected chi connectivity index (χ0v) is 15.3. The highest BCUT2D eigenvalue weighted by Gasteiger charge is 2.55. The topological polar surface area (TPSA) is 90.9 Å². The monoisotopic (exact) mass is 341 g/mol. The zero-order chi connectivity index (χ0) is 18.8. The highest BCUT2D eigenvalue weighted by atomic mass is 16.7. The van der Waals surface area contributed by atoms with Crippen LogP contribution in [0.2, 0.25) is 0 Å². The minimum atomic E-state index is -2.41. The molecule has 1 amide bonds. The number of esters is 2. The summed E-state index contributed by atoms with van der Waals surface area (Å²) in [5.74, 6) is 1.92. The smallest absolute Gasteiger partial charge is 0.345 e. The van der Waals surface area contributed by atoms with Crippen LogP contribution in [0.3, 0.4) is 0 Å². The van der Waals surface area contributed by atoms with E-state index in [1.54, 1.807) is 34.6 Å². The van der Waals surface area contributed by atoms with Gasteiger partial charge in [0.05, 0.1) is 18.8 Å².